The van der Waals surface area contributed by atoms with Crippen LogP contribution in [0.15, 0.2) is 158 Å². The van der Waals surface area contributed by atoms with Gasteiger partial charge in [0.15, 0.2) is 0 Å². The average molecular weight is 647 g/mol. The summed E-state index contributed by atoms with van der Waals surface area (Å²) < 4.78 is 4.74. The maximum atomic E-state index is 5.01. The molecular weight excluding hydrogens is 621 g/mol. The summed E-state index contributed by atoms with van der Waals surface area (Å²) in [5.41, 5.74) is 9.98. The number of benzene rings is 4. The summed E-state index contributed by atoms with van der Waals surface area (Å²) in [6, 6.07) is 48.6. The number of hydrogen-bond donors (Lipinski definition) is 0. The maximum Gasteiger partial charge on any atom is 0.125 e. The lowest BCUT2D eigenvalue weighted by atomic mass is 10.1. The molecule has 4 aromatic carbocycles. The standard InChI is InChI=1S/C42H26N6S/c1-2-12-28(13-3-1)47-37-18-6-4-14-29(37)31-25-40-32(24-39(31)47)30-15-5-7-19-38(30)48(40)41-26-45-42(49-41)27-22-35(33-16-8-10-20-43-33)46-36(23-27)34-17-9-11-21-44-34/h1-26H. The quantitative estimate of drug-likeness (QED) is 0.187. The van der Waals surface area contributed by atoms with Crippen LogP contribution in [0.1, 0.15) is 0 Å². The summed E-state index contributed by atoms with van der Waals surface area (Å²) in [5.74, 6) is 0. The first-order chi connectivity index (χ1) is 24.3. The van der Waals surface area contributed by atoms with E-state index < -0.39 is 0 Å². The van der Waals surface area contributed by atoms with Crippen LogP contribution in [0.3, 0.4) is 0 Å². The van der Waals surface area contributed by atoms with Gasteiger partial charge in [-0.25, -0.2) is 9.97 Å². The summed E-state index contributed by atoms with van der Waals surface area (Å²) >= 11 is 1.67. The van der Waals surface area contributed by atoms with E-state index in [0.29, 0.717) is 0 Å². The van der Waals surface area contributed by atoms with Crippen LogP contribution < -0.4 is 0 Å². The van der Waals surface area contributed by atoms with Gasteiger partial charge in [-0.3, -0.25) is 14.5 Å². The van der Waals surface area contributed by atoms with Crippen molar-refractivity contribution in [2.75, 3.05) is 0 Å². The fourth-order valence-corrected chi connectivity index (χ4v) is 7.90. The fraction of sp³-hybridized carbons (Fsp3) is 0. The van der Waals surface area contributed by atoms with Crippen molar-refractivity contribution in [1.82, 2.24) is 29.1 Å². The second-order valence-electron chi connectivity index (χ2n) is 12.0. The Morgan fingerprint density at radius 2 is 0.980 bits per heavy atom. The Morgan fingerprint density at radius 3 is 1.59 bits per heavy atom. The number of nitrogens with zero attached hydrogens (tertiary/aromatic N) is 6. The Morgan fingerprint density at radius 1 is 0.429 bits per heavy atom. The zero-order valence-corrected chi connectivity index (χ0v) is 26.9. The smallest absolute Gasteiger partial charge is 0.125 e. The van der Waals surface area contributed by atoms with Gasteiger partial charge in [0.2, 0.25) is 0 Å². The Balaban J connectivity index is 1.19. The third kappa shape index (κ3) is 4.47. The van der Waals surface area contributed by atoms with E-state index in [9.17, 15) is 0 Å². The molecule has 0 bridgehead atoms. The highest BCUT2D eigenvalue weighted by Crippen LogP contribution is 2.41. The predicted molar refractivity (Wildman–Crippen MR) is 200 cm³/mol. The van der Waals surface area contributed by atoms with Gasteiger partial charge in [-0.2, -0.15) is 0 Å². The first kappa shape index (κ1) is 27.7. The highest BCUT2D eigenvalue weighted by molar-refractivity contribution is 7.17. The molecule has 10 aromatic rings. The number of rotatable bonds is 5. The van der Waals surface area contributed by atoms with Crippen LogP contribution in [0.25, 0.3) is 87.6 Å². The van der Waals surface area contributed by atoms with Crippen molar-refractivity contribution in [2.45, 2.75) is 0 Å². The Hall–Kier alpha value is -6.44. The van der Waals surface area contributed by atoms with Crippen LogP contribution in [0, 0.1) is 0 Å². The van der Waals surface area contributed by atoms with Crippen molar-refractivity contribution < 1.29 is 0 Å². The lowest BCUT2D eigenvalue weighted by Gasteiger charge is -2.08. The molecule has 0 saturated heterocycles. The van der Waals surface area contributed by atoms with Crippen LogP contribution in [0.5, 0.6) is 0 Å². The van der Waals surface area contributed by atoms with Crippen molar-refractivity contribution in [3.63, 3.8) is 0 Å². The van der Waals surface area contributed by atoms with E-state index >= 15 is 0 Å². The number of thiazole rings is 1. The molecule has 0 spiro atoms. The fourth-order valence-electron chi connectivity index (χ4n) is 6.97. The summed E-state index contributed by atoms with van der Waals surface area (Å²) in [5, 5.41) is 6.80. The minimum Gasteiger partial charge on any atom is -0.309 e. The average Bonchev–Trinajstić information content (AvgIpc) is 3.87. The molecule has 0 amide bonds. The molecule has 6 aromatic heterocycles. The Labute approximate surface area is 285 Å². The molecule has 0 aliphatic heterocycles. The molecule has 0 aliphatic rings. The van der Waals surface area contributed by atoms with Gasteiger partial charge in [-0.15, -0.1) is 0 Å². The highest BCUT2D eigenvalue weighted by Gasteiger charge is 2.20. The minimum atomic E-state index is 0.782. The Kier molecular flexibility index (Phi) is 6.25. The first-order valence-corrected chi connectivity index (χ1v) is 16.9. The third-order valence-electron chi connectivity index (χ3n) is 9.12. The van der Waals surface area contributed by atoms with Gasteiger partial charge in [-0.05, 0) is 72.8 Å². The number of para-hydroxylation sites is 3. The first-order valence-electron chi connectivity index (χ1n) is 16.1. The molecule has 49 heavy (non-hydrogen) atoms. The maximum absolute atomic E-state index is 5.01. The molecule has 0 N–H and O–H groups in total. The third-order valence-corrected chi connectivity index (χ3v) is 10.2. The Bertz CT molecular complexity index is 2760. The van der Waals surface area contributed by atoms with Crippen LogP contribution >= 0.6 is 11.3 Å². The van der Waals surface area contributed by atoms with Gasteiger partial charge in [0.1, 0.15) is 10.0 Å². The largest absolute Gasteiger partial charge is 0.309 e. The van der Waals surface area contributed by atoms with Gasteiger partial charge in [0.25, 0.3) is 0 Å². The van der Waals surface area contributed by atoms with Gasteiger partial charge in [0.05, 0.1) is 51.0 Å². The van der Waals surface area contributed by atoms with Crippen molar-refractivity contribution in [2.24, 2.45) is 0 Å². The van der Waals surface area contributed by atoms with E-state index in [1.807, 2.05) is 42.6 Å². The summed E-state index contributed by atoms with van der Waals surface area (Å²) in [7, 11) is 0. The van der Waals surface area contributed by atoms with E-state index in [-0.39, 0.29) is 0 Å². The second-order valence-corrected chi connectivity index (χ2v) is 13.0. The zero-order valence-electron chi connectivity index (χ0n) is 26.1. The van der Waals surface area contributed by atoms with E-state index in [2.05, 4.69) is 122 Å². The molecule has 6 heterocycles. The van der Waals surface area contributed by atoms with E-state index in [0.717, 1.165) is 55.1 Å². The molecule has 7 heteroatoms. The van der Waals surface area contributed by atoms with Crippen molar-refractivity contribution in [3.8, 4) is 44.0 Å². The molecule has 0 aliphatic carbocycles. The second kappa shape index (κ2) is 11.1. The molecule has 0 radical (unpaired) electrons. The molecule has 10 rings (SSSR count). The van der Waals surface area contributed by atoms with E-state index in [1.165, 1.54) is 32.6 Å². The molecule has 6 nitrogen and oxygen atoms in total. The SMILES string of the molecule is c1ccc(-n2c3ccccc3c3cc4c(cc32)c2ccccc2n4-c2cnc(-c3cc(-c4ccccn4)nc(-c4ccccn4)c3)s2)cc1. The lowest BCUT2D eigenvalue weighted by molar-refractivity contribution is 1.18. The summed E-state index contributed by atoms with van der Waals surface area (Å²) in [6.07, 6.45) is 5.58. The predicted octanol–water partition coefficient (Wildman–Crippen LogP) is 10.5. The number of pyridine rings is 3. The van der Waals surface area contributed by atoms with Crippen molar-refractivity contribution >= 4 is 54.9 Å². The van der Waals surface area contributed by atoms with Crippen molar-refractivity contribution in [3.05, 3.63) is 158 Å². The van der Waals surface area contributed by atoms with Crippen LogP contribution in [-0.2, 0) is 0 Å². The molecule has 0 fully saturated rings. The normalized spacial score (nSPS) is 11.7. The van der Waals surface area contributed by atoms with Crippen LogP contribution in [-0.4, -0.2) is 29.1 Å². The van der Waals surface area contributed by atoms with Gasteiger partial charge in [0, 0.05) is 45.2 Å². The number of fused-ring (bicyclic) bond motifs is 6. The summed E-state index contributed by atoms with van der Waals surface area (Å²) in [6.45, 7) is 0. The van der Waals surface area contributed by atoms with Crippen LogP contribution in [0.4, 0.5) is 0 Å². The lowest BCUT2D eigenvalue weighted by Crippen LogP contribution is -1.93. The molecule has 0 unspecified atom stereocenters. The van der Waals surface area contributed by atoms with Gasteiger partial charge in [-0.1, -0.05) is 78.1 Å². The van der Waals surface area contributed by atoms with E-state index in [1.54, 1.807) is 23.7 Å². The molecule has 0 atom stereocenters. The van der Waals surface area contributed by atoms with Crippen molar-refractivity contribution in [1.29, 1.82) is 0 Å². The number of hydrogen-bond acceptors (Lipinski definition) is 5. The topological polar surface area (TPSA) is 61.4 Å². The minimum absolute atomic E-state index is 0.782. The van der Waals surface area contributed by atoms with Gasteiger partial charge < -0.3 is 4.57 Å². The zero-order chi connectivity index (χ0) is 32.3. The van der Waals surface area contributed by atoms with E-state index in [4.69, 9.17) is 9.97 Å². The number of aromatic nitrogens is 6. The van der Waals surface area contributed by atoms with Gasteiger partial charge >= 0.3 is 0 Å². The highest BCUT2D eigenvalue weighted by atomic mass is 32.1. The molecular formula is C42H26N6S. The molecule has 0 saturated carbocycles. The molecule has 230 valence electrons. The van der Waals surface area contributed by atoms with Crippen LogP contribution in [0.2, 0.25) is 0 Å². The monoisotopic (exact) mass is 646 g/mol. The summed E-state index contributed by atoms with van der Waals surface area (Å²) in [4.78, 5) is 19.2.